The van der Waals surface area contributed by atoms with E-state index in [1.165, 1.54) is 12.8 Å². The monoisotopic (exact) mass is 467 g/mol. The predicted molar refractivity (Wildman–Crippen MR) is 122 cm³/mol. The van der Waals surface area contributed by atoms with E-state index in [9.17, 15) is 9.90 Å². The van der Waals surface area contributed by atoms with Crippen LogP contribution in [0.4, 0.5) is 5.95 Å². The van der Waals surface area contributed by atoms with E-state index in [0.29, 0.717) is 46.4 Å². The molecule has 2 aromatic rings. The van der Waals surface area contributed by atoms with Crippen LogP contribution in [0.5, 0.6) is 0 Å². The third kappa shape index (κ3) is 1.95. The molecule has 1 saturated heterocycles. The summed E-state index contributed by atoms with van der Waals surface area (Å²) in [7, 11) is 1.79. The molecule has 8 atom stereocenters. The van der Waals surface area contributed by atoms with Crippen molar-refractivity contribution in [3.63, 3.8) is 0 Å². The SMILES string of the molecule is Cn1c(=O)n(C2C3CC4CC5(CO)CC2C435)c2nc(NC3=CC4CCOC4C=C3Cl)ncc21. The number of aryl methyl sites for hydroxylation is 1. The van der Waals surface area contributed by atoms with E-state index < -0.39 is 0 Å². The van der Waals surface area contributed by atoms with Gasteiger partial charge in [-0.25, -0.2) is 9.78 Å². The lowest BCUT2D eigenvalue weighted by atomic mass is 9.12. The number of fused-ring (bicyclic) bond motifs is 2. The molecule has 0 bridgehead atoms. The summed E-state index contributed by atoms with van der Waals surface area (Å²) >= 11 is 6.50. The lowest BCUT2D eigenvalue weighted by Crippen LogP contribution is -2.89. The maximum atomic E-state index is 13.3. The second kappa shape index (κ2) is 5.90. The van der Waals surface area contributed by atoms with Crippen LogP contribution in [0.3, 0.4) is 0 Å². The van der Waals surface area contributed by atoms with Gasteiger partial charge in [-0.15, -0.1) is 0 Å². The number of halogens is 1. The van der Waals surface area contributed by atoms with Gasteiger partial charge in [0.05, 0.1) is 23.0 Å². The zero-order valence-corrected chi connectivity index (χ0v) is 19.1. The number of imidazole rings is 1. The van der Waals surface area contributed by atoms with Crippen molar-refractivity contribution in [3.8, 4) is 0 Å². The topological polar surface area (TPSA) is 94.2 Å². The fraction of sp³-hybridized carbons (Fsp3) is 0.625. The quantitative estimate of drug-likeness (QED) is 0.717. The molecule has 1 aliphatic heterocycles. The first-order chi connectivity index (χ1) is 16.0. The van der Waals surface area contributed by atoms with Crippen LogP contribution in [0.1, 0.15) is 31.7 Å². The molecule has 172 valence electrons. The molecule has 33 heavy (non-hydrogen) atoms. The fourth-order valence-corrected chi connectivity index (χ4v) is 9.16. The van der Waals surface area contributed by atoms with Gasteiger partial charge in [0.2, 0.25) is 5.95 Å². The van der Waals surface area contributed by atoms with E-state index in [-0.39, 0.29) is 23.3 Å². The summed E-state index contributed by atoms with van der Waals surface area (Å²) in [6.45, 7) is 1.03. The summed E-state index contributed by atoms with van der Waals surface area (Å²) in [5.41, 5.74) is 2.62. The van der Waals surface area contributed by atoms with Crippen molar-refractivity contribution >= 4 is 28.7 Å². The second-order valence-electron chi connectivity index (χ2n) is 11.0. The Balaban J connectivity index is 1.17. The summed E-state index contributed by atoms with van der Waals surface area (Å²) < 4.78 is 9.29. The number of hydrogen-bond donors (Lipinski definition) is 2. The molecular formula is C24H26ClN5O3. The first-order valence-corrected chi connectivity index (χ1v) is 12.4. The lowest BCUT2D eigenvalue weighted by molar-refractivity contribution is -0.458. The molecule has 5 fully saturated rings. The number of aliphatic hydroxyl groups excluding tert-OH is 1. The number of aliphatic hydroxyl groups is 1. The van der Waals surface area contributed by atoms with Crippen molar-refractivity contribution in [1.82, 2.24) is 19.1 Å². The Kier molecular flexibility index (Phi) is 3.43. The number of anilines is 1. The van der Waals surface area contributed by atoms with Gasteiger partial charge in [-0.3, -0.25) is 9.13 Å². The van der Waals surface area contributed by atoms with Crippen molar-refractivity contribution < 1.29 is 9.84 Å². The average molecular weight is 468 g/mol. The summed E-state index contributed by atoms with van der Waals surface area (Å²) in [6, 6.07) is 0.175. The number of ether oxygens (including phenoxy) is 1. The third-order valence-corrected chi connectivity index (χ3v) is 10.6. The molecule has 4 saturated carbocycles. The molecule has 6 aliphatic rings. The average Bonchev–Trinajstić information content (AvgIpc) is 3.30. The van der Waals surface area contributed by atoms with Crippen LogP contribution < -0.4 is 11.0 Å². The summed E-state index contributed by atoms with van der Waals surface area (Å²) in [5.74, 6) is 2.46. The molecule has 2 aromatic heterocycles. The van der Waals surface area contributed by atoms with Crippen LogP contribution in [-0.2, 0) is 11.8 Å². The van der Waals surface area contributed by atoms with Gasteiger partial charge in [0, 0.05) is 37.6 Å². The maximum Gasteiger partial charge on any atom is 0.330 e. The minimum atomic E-state index is -0.0265. The Morgan fingerprint density at radius 1 is 1.33 bits per heavy atom. The standard InChI is InChI=1S/C24H26ClN5O3/c1-29-17-9-26-21(27-16-4-11-2-3-33-18(11)6-15(16)25)28-20(17)30(22(29)32)19-13-5-12-7-23(10-31)8-14(19)24(12,13)23/h4,6,9,11-14,18-19,31H,2-3,5,7-8,10H2,1H3,(H,26,27,28). The molecule has 0 amide bonds. The number of hydrogen-bond acceptors (Lipinski definition) is 6. The van der Waals surface area contributed by atoms with Gasteiger partial charge in [0.1, 0.15) is 5.52 Å². The van der Waals surface area contributed by atoms with Gasteiger partial charge >= 0.3 is 5.69 Å². The van der Waals surface area contributed by atoms with Crippen LogP contribution in [0, 0.1) is 34.5 Å². The van der Waals surface area contributed by atoms with E-state index in [1.807, 2.05) is 10.6 Å². The van der Waals surface area contributed by atoms with Gasteiger partial charge in [0.15, 0.2) is 5.65 Å². The Morgan fingerprint density at radius 2 is 2.21 bits per heavy atom. The molecule has 8 unspecified atom stereocenters. The van der Waals surface area contributed by atoms with Crippen LogP contribution in [0.25, 0.3) is 11.2 Å². The van der Waals surface area contributed by atoms with E-state index in [4.69, 9.17) is 21.3 Å². The summed E-state index contributed by atoms with van der Waals surface area (Å²) in [5, 5.41) is 13.9. The summed E-state index contributed by atoms with van der Waals surface area (Å²) in [6.07, 6.45) is 10.2. The molecule has 5 aliphatic carbocycles. The third-order valence-electron chi connectivity index (χ3n) is 10.2. The van der Waals surface area contributed by atoms with Crippen LogP contribution in [0.2, 0.25) is 0 Å². The lowest BCUT2D eigenvalue weighted by Gasteiger charge is -2.93. The molecule has 8 rings (SSSR count). The van der Waals surface area contributed by atoms with Gasteiger partial charge in [-0.05, 0) is 54.9 Å². The predicted octanol–water partition coefficient (Wildman–Crippen LogP) is 2.55. The van der Waals surface area contributed by atoms with E-state index >= 15 is 0 Å². The van der Waals surface area contributed by atoms with Gasteiger partial charge in [0.25, 0.3) is 0 Å². The fourth-order valence-electron chi connectivity index (χ4n) is 8.93. The van der Waals surface area contributed by atoms with Crippen molar-refractivity contribution in [2.75, 3.05) is 18.5 Å². The minimum Gasteiger partial charge on any atom is -0.396 e. The van der Waals surface area contributed by atoms with E-state index in [0.717, 1.165) is 36.6 Å². The van der Waals surface area contributed by atoms with Crippen molar-refractivity contribution in [3.05, 3.63) is 39.6 Å². The first-order valence-electron chi connectivity index (χ1n) is 12.0. The molecule has 0 aromatic carbocycles. The van der Waals surface area contributed by atoms with Crippen molar-refractivity contribution in [2.45, 2.75) is 37.8 Å². The Morgan fingerprint density at radius 3 is 3.00 bits per heavy atom. The first kappa shape index (κ1) is 19.2. The van der Waals surface area contributed by atoms with Gasteiger partial charge < -0.3 is 15.2 Å². The largest absolute Gasteiger partial charge is 0.396 e. The zero-order valence-electron chi connectivity index (χ0n) is 18.4. The van der Waals surface area contributed by atoms with E-state index in [1.54, 1.807) is 17.8 Å². The van der Waals surface area contributed by atoms with Crippen molar-refractivity contribution in [1.29, 1.82) is 0 Å². The highest BCUT2D eigenvalue weighted by Crippen LogP contribution is 2.95. The van der Waals surface area contributed by atoms with E-state index in [2.05, 4.69) is 16.4 Å². The molecule has 0 radical (unpaired) electrons. The summed E-state index contributed by atoms with van der Waals surface area (Å²) in [4.78, 5) is 22.6. The molecular weight excluding hydrogens is 442 g/mol. The number of aromatic nitrogens is 4. The zero-order chi connectivity index (χ0) is 22.3. The van der Waals surface area contributed by atoms with Crippen LogP contribution in [0.15, 0.2) is 33.9 Å². The molecule has 8 nitrogen and oxygen atoms in total. The number of nitrogens with one attached hydrogen (secondary N) is 1. The minimum absolute atomic E-state index is 0.0265. The second-order valence-corrected chi connectivity index (χ2v) is 11.4. The Labute approximate surface area is 195 Å². The highest BCUT2D eigenvalue weighted by molar-refractivity contribution is 6.32. The number of allylic oxidation sites excluding steroid dienone is 1. The maximum absolute atomic E-state index is 13.3. The molecule has 2 N–H and O–H groups in total. The van der Waals surface area contributed by atoms with Gasteiger partial charge in [-0.2, -0.15) is 4.98 Å². The highest BCUT2D eigenvalue weighted by atomic mass is 35.5. The van der Waals surface area contributed by atoms with Crippen LogP contribution >= 0.6 is 11.6 Å². The molecule has 1 spiro atoms. The molecule has 9 heteroatoms. The normalized spacial score (nSPS) is 43.7. The Hall–Kier alpha value is -2.16. The smallest absolute Gasteiger partial charge is 0.330 e. The number of nitrogens with zero attached hydrogens (tertiary/aromatic N) is 4. The molecule has 3 heterocycles. The highest BCUT2D eigenvalue weighted by Gasteiger charge is 2.91. The number of rotatable bonds is 4. The van der Waals surface area contributed by atoms with Gasteiger partial charge in [-0.1, -0.05) is 17.7 Å². The van der Waals surface area contributed by atoms with Crippen molar-refractivity contribution in [2.24, 2.45) is 41.5 Å². The Bertz CT molecular complexity index is 1350. The van der Waals surface area contributed by atoms with Crippen LogP contribution in [-0.4, -0.2) is 43.5 Å².